The van der Waals surface area contributed by atoms with E-state index >= 15 is 0 Å². The fraction of sp³-hybridized carbons (Fsp3) is 0.125. The zero-order chi connectivity index (χ0) is 21.8. The lowest BCUT2D eigenvalue weighted by molar-refractivity contribution is -0.190. The lowest BCUT2D eigenvalue weighted by Crippen LogP contribution is -2.26. The molecule has 3 N–H and O–H groups in total. The highest BCUT2D eigenvalue weighted by Gasteiger charge is 2.32. The molecule has 0 radical (unpaired) electrons. The van der Waals surface area contributed by atoms with E-state index in [4.69, 9.17) is 9.52 Å². The van der Waals surface area contributed by atoms with Crippen molar-refractivity contribution in [2.45, 2.75) is 18.6 Å². The molecule has 0 spiro atoms. The van der Waals surface area contributed by atoms with Crippen molar-refractivity contribution in [1.29, 1.82) is 0 Å². The van der Waals surface area contributed by atoms with Crippen LogP contribution < -0.4 is 0 Å². The molecule has 0 saturated heterocycles. The largest absolute Gasteiger partial charge is 0.477 e. The average molecular weight is 416 g/mol. The molecule has 156 valence electrons. The van der Waals surface area contributed by atoms with Crippen molar-refractivity contribution in [1.82, 2.24) is 9.97 Å². The first kappa shape index (κ1) is 20.5. The molecule has 31 heavy (non-hydrogen) atoms. The Labute approximate surface area is 178 Å². The second-order valence-electron chi connectivity index (χ2n) is 7.12. The molecule has 7 nitrogen and oxygen atoms in total. The molecule has 0 aliphatic carbocycles. The van der Waals surface area contributed by atoms with E-state index in [0.29, 0.717) is 6.42 Å². The normalized spacial score (nSPS) is 11.4. The predicted molar refractivity (Wildman–Crippen MR) is 113 cm³/mol. The third kappa shape index (κ3) is 4.69. The molecule has 0 aliphatic rings. The first-order valence-corrected chi connectivity index (χ1v) is 9.68. The van der Waals surface area contributed by atoms with E-state index in [-0.39, 0.29) is 29.5 Å². The van der Waals surface area contributed by atoms with Gasteiger partial charge in [0, 0.05) is 6.42 Å². The number of benzene rings is 2. The molecule has 0 saturated carbocycles. The highest BCUT2D eigenvalue weighted by Crippen LogP contribution is 2.28. The summed E-state index contributed by atoms with van der Waals surface area (Å²) in [5, 5.41) is 30.0. The molecular weight excluding hydrogens is 396 g/mol. The molecule has 4 aromatic rings. The van der Waals surface area contributed by atoms with E-state index in [1.807, 2.05) is 54.6 Å². The van der Waals surface area contributed by atoms with E-state index in [2.05, 4.69) is 9.97 Å². The van der Waals surface area contributed by atoms with E-state index < -0.39 is 11.8 Å². The summed E-state index contributed by atoms with van der Waals surface area (Å²) in [6.07, 6.45) is 1.66. The Kier molecular flexibility index (Phi) is 5.62. The van der Waals surface area contributed by atoms with Gasteiger partial charge in [-0.1, -0.05) is 60.7 Å². The Balaban J connectivity index is 1.45. The minimum atomic E-state index is -2.28. The lowest BCUT2D eigenvalue weighted by Gasteiger charge is -2.17. The molecule has 0 amide bonds. The maximum Gasteiger partial charge on any atom is 0.354 e. The van der Waals surface area contributed by atoms with Gasteiger partial charge in [-0.15, -0.1) is 0 Å². The van der Waals surface area contributed by atoms with Gasteiger partial charge in [0.2, 0.25) is 5.79 Å². The van der Waals surface area contributed by atoms with Crippen LogP contribution in [0.15, 0.2) is 83.4 Å². The third-order valence-corrected chi connectivity index (χ3v) is 4.89. The van der Waals surface area contributed by atoms with Crippen molar-refractivity contribution in [3.05, 3.63) is 96.1 Å². The number of aliphatic hydroxyl groups is 2. The number of aromatic carboxylic acids is 1. The number of aromatic nitrogens is 2. The van der Waals surface area contributed by atoms with Gasteiger partial charge < -0.3 is 19.7 Å². The van der Waals surface area contributed by atoms with E-state index in [1.54, 1.807) is 6.07 Å². The van der Waals surface area contributed by atoms with Crippen LogP contribution in [0, 0.1) is 0 Å². The molecule has 2 aromatic carbocycles. The van der Waals surface area contributed by atoms with Gasteiger partial charge in [-0.3, -0.25) is 0 Å². The zero-order valence-corrected chi connectivity index (χ0v) is 16.5. The van der Waals surface area contributed by atoms with Crippen LogP contribution in [0.4, 0.5) is 0 Å². The van der Waals surface area contributed by atoms with Gasteiger partial charge in [-0.2, -0.15) is 0 Å². The molecule has 7 heteroatoms. The number of carboxylic acid groups (broad SMARTS) is 1. The topological polar surface area (TPSA) is 117 Å². The fourth-order valence-corrected chi connectivity index (χ4v) is 3.19. The summed E-state index contributed by atoms with van der Waals surface area (Å²) in [5.41, 5.74) is 3.23. The number of hydrogen-bond donors (Lipinski definition) is 3. The van der Waals surface area contributed by atoms with E-state index in [0.717, 1.165) is 16.7 Å². The molecule has 2 heterocycles. The van der Waals surface area contributed by atoms with Gasteiger partial charge in [-0.05, 0) is 35.2 Å². The van der Waals surface area contributed by atoms with Crippen molar-refractivity contribution >= 4 is 5.97 Å². The number of oxazole rings is 1. The molecule has 4 rings (SSSR count). The molecule has 0 aliphatic heterocycles. The van der Waals surface area contributed by atoms with Gasteiger partial charge in [0.15, 0.2) is 5.76 Å². The Hall–Kier alpha value is -3.81. The summed E-state index contributed by atoms with van der Waals surface area (Å²) in [5.74, 6) is -3.57. The number of rotatable bonds is 7. The minimum Gasteiger partial charge on any atom is -0.477 e. The number of hydrogen-bond acceptors (Lipinski definition) is 6. The smallest absolute Gasteiger partial charge is 0.354 e. The Bertz CT molecular complexity index is 1180. The Morgan fingerprint density at radius 3 is 2.32 bits per heavy atom. The van der Waals surface area contributed by atoms with Crippen LogP contribution in [-0.4, -0.2) is 31.3 Å². The van der Waals surface area contributed by atoms with Gasteiger partial charge in [0.25, 0.3) is 5.89 Å². The molecular formula is C24H20N2O5. The Morgan fingerprint density at radius 1 is 0.903 bits per heavy atom. The maximum absolute atomic E-state index is 11.1. The maximum atomic E-state index is 11.1. The van der Waals surface area contributed by atoms with Crippen LogP contribution in [0.5, 0.6) is 0 Å². The summed E-state index contributed by atoms with van der Waals surface area (Å²) >= 11 is 0. The van der Waals surface area contributed by atoms with Gasteiger partial charge in [-0.25, -0.2) is 14.8 Å². The number of carboxylic acids is 1. The zero-order valence-electron chi connectivity index (χ0n) is 16.5. The van der Waals surface area contributed by atoms with Crippen molar-refractivity contribution < 1.29 is 24.5 Å². The molecule has 0 atom stereocenters. The van der Waals surface area contributed by atoms with Crippen LogP contribution in [-0.2, 0) is 12.2 Å². The molecule has 0 bridgehead atoms. The molecule has 0 fully saturated rings. The Morgan fingerprint density at radius 2 is 1.61 bits per heavy atom. The van der Waals surface area contributed by atoms with E-state index in [9.17, 15) is 15.0 Å². The van der Waals surface area contributed by atoms with Crippen LogP contribution in [0.2, 0.25) is 0 Å². The lowest BCUT2D eigenvalue weighted by atomic mass is 10.0. The summed E-state index contributed by atoms with van der Waals surface area (Å²) in [6, 6.07) is 22.3. The van der Waals surface area contributed by atoms with Gasteiger partial charge in [0.05, 0.1) is 6.20 Å². The van der Waals surface area contributed by atoms with Crippen molar-refractivity contribution in [3.63, 3.8) is 0 Å². The minimum absolute atomic E-state index is 0.0275. The monoisotopic (exact) mass is 416 g/mol. The molecule has 0 unspecified atom stereocenters. The number of nitrogens with zero attached hydrogens (tertiary/aromatic N) is 2. The SMILES string of the molecule is O=C(O)c1cccc(-c2cnc(C(O)(O)CCc3ccc(-c4ccccc4)cc3)o2)n1. The first-order chi connectivity index (χ1) is 14.9. The fourth-order valence-electron chi connectivity index (χ4n) is 3.19. The van der Waals surface area contributed by atoms with Crippen molar-refractivity contribution in [2.75, 3.05) is 0 Å². The van der Waals surface area contributed by atoms with Gasteiger partial charge in [0.1, 0.15) is 11.4 Å². The van der Waals surface area contributed by atoms with Crippen LogP contribution in [0.1, 0.15) is 28.4 Å². The number of aryl methyl sites for hydroxylation is 1. The summed E-state index contributed by atoms with van der Waals surface area (Å²) in [6.45, 7) is 0. The molecule has 2 aromatic heterocycles. The van der Waals surface area contributed by atoms with E-state index in [1.165, 1.54) is 18.3 Å². The standard InChI is InChI=1S/C24H20N2O5/c27-22(28)20-8-4-7-19(26-20)21-15-25-23(31-21)24(29,30)14-13-16-9-11-18(12-10-16)17-5-2-1-3-6-17/h1-12,15,29-30H,13-14H2,(H,27,28). The second-order valence-corrected chi connectivity index (χ2v) is 7.12. The summed E-state index contributed by atoms with van der Waals surface area (Å²) in [7, 11) is 0. The predicted octanol–water partition coefficient (Wildman–Crippen LogP) is 3.87. The summed E-state index contributed by atoms with van der Waals surface area (Å²) < 4.78 is 5.47. The van der Waals surface area contributed by atoms with Crippen molar-refractivity contribution in [3.8, 4) is 22.6 Å². The average Bonchev–Trinajstić information content (AvgIpc) is 3.30. The second kappa shape index (κ2) is 8.51. The van der Waals surface area contributed by atoms with Crippen molar-refractivity contribution in [2.24, 2.45) is 0 Å². The number of carbonyl (C=O) groups is 1. The third-order valence-electron chi connectivity index (χ3n) is 4.89. The van der Waals surface area contributed by atoms with Gasteiger partial charge >= 0.3 is 5.97 Å². The first-order valence-electron chi connectivity index (χ1n) is 9.68. The highest BCUT2D eigenvalue weighted by molar-refractivity contribution is 5.85. The van der Waals surface area contributed by atoms with Crippen LogP contribution in [0.25, 0.3) is 22.6 Å². The summed E-state index contributed by atoms with van der Waals surface area (Å²) in [4.78, 5) is 19.0. The van der Waals surface area contributed by atoms with Crippen LogP contribution in [0.3, 0.4) is 0 Å². The number of pyridine rings is 1. The quantitative estimate of drug-likeness (QED) is 0.392. The van der Waals surface area contributed by atoms with Crippen LogP contribution >= 0.6 is 0 Å². The highest BCUT2D eigenvalue weighted by atomic mass is 16.5.